The number of aryl methyl sites for hydroxylation is 1. The molecule has 0 atom stereocenters. The van der Waals surface area contributed by atoms with E-state index < -0.39 is 0 Å². The van der Waals surface area contributed by atoms with E-state index >= 15 is 0 Å². The number of anilines is 1. The fraction of sp³-hybridized carbons (Fsp3) is 0.412. The molecule has 2 aromatic rings. The minimum atomic E-state index is -0.0827. The molecule has 0 bridgehead atoms. The fourth-order valence-electron chi connectivity index (χ4n) is 3.03. The molecule has 1 saturated heterocycles. The SMILES string of the molecule is CC(=O)Nc1ccc2[nH]cc(CCC(=O)N3CCCC3)c2c1. The molecule has 3 rings (SSSR count). The molecular weight excluding hydrogens is 278 g/mol. The standard InChI is InChI=1S/C17H21N3O2/c1-12(21)19-14-5-6-16-15(10-14)13(11-18-16)4-7-17(22)20-8-2-3-9-20/h5-6,10-11,18H,2-4,7-9H2,1H3,(H,19,21). The van der Waals surface area contributed by atoms with Crippen LogP contribution in [-0.2, 0) is 16.0 Å². The fourth-order valence-corrected chi connectivity index (χ4v) is 3.03. The highest BCUT2D eigenvalue weighted by atomic mass is 16.2. The first-order valence-corrected chi connectivity index (χ1v) is 7.79. The van der Waals surface area contributed by atoms with Crippen molar-refractivity contribution in [2.75, 3.05) is 18.4 Å². The predicted molar refractivity (Wildman–Crippen MR) is 86.7 cm³/mol. The average Bonchev–Trinajstić information content (AvgIpc) is 3.14. The maximum atomic E-state index is 12.1. The molecule has 1 aromatic heterocycles. The van der Waals surface area contributed by atoms with Gasteiger partial charge in [0.1, 0.15) is 0 Å². The summed E-state index contributed by atoms with van der Waals surface area (Å²) >= 11 is 0. The number of fused-ring (bicyclic) bond motifs is 1. The number of benzene rings is 1. The average molecular weight is 299 g/mol. The van der Waals surface area contributed by atoms with Crippen LogP contribution in [0.2, 0.25) is 0 Å². The summed E-state index contributed by atoms with van der Waals surface area (Å²) in [6.07, 6.45) is 5.47. The first kappa shape index (κ1) is 14.6. The quantitative estimate of drug-likeness (QED) is 0.911. The number of likely N-dealkylation sites (tertiary alicyclic amines) is 1. The van der Waals surface area contributed by atoms with E-state index in [-0.39, 0.29) is 11.8 Å². The smallest absolute Gasteiger partial charge is 0.222 e. The van der Waals surface area contributed by atoms with Crippen LogP contribution < -0.4 is 5.32 Å². The Morgan fingerprint density at radius 3 is 2.77 bits per heavy atom. The van der Waals surface area contributed by atoms with Crippen LogP contribution in [0.3, 0.4) is 0 Å². The summed E-state index contributed by atoms with van der Waals surface area (Å²) in [5.74, 6) is 0.158. The molecule has 0 spiro atoms. The van der Waals surface area contributed by atoms with Crippen LogP contribution in [-0.4, -0.2) is 34.8 Å². The number of hydrogen-bond acceptors (Lipinski definition) is 2. The van der Waals surface area contributed by atoms with Crippen molar-refractivity contribution in [3.63, 3.8) is 0 Å². The lowest BCUT2D eigenvalue weighted by Gasteiger charge is -2.14. The normalized spacial score (nSPS) is 14.5. The second-order valence-corrected chi connectivity index (χ2v) is 5.84. The van der Waals surface area contributed by atoms with E-state index in [1.165, 1.54) is 6.92 Å². The third-order valence-corrected chi connectivity index (χ3v) is 4.15. The molecule has 2 amide bonds. The van der Waals surface area contributed by atoms with Crippen LogP contribution in [0.15, 0.2) is 24.4 Å². The van der Waals surface area contributed by atoms with Crippen LogP contribution in [0.25, 0.3) is 10.9 Å². The first-order valence-electron chi connectivity index (χ1n) is 7.79. The van der Waals surface area contributed by atoms with Crippen LogP contribution in [0.1, 0.15) is 31.7 Å². The van der Waals surface area contributed by atoms with E-state index in [4.69, 9.17) is 0 Å². The summed E-state index contributed by atoms with van der Waals surface area (Å²) in [4.78, 5) is 28.5. The molecule has 116 valence electrons. The van der Waals surface area contributed by atoms with Gasteiger partial charge in [-0.2, -0.15) is 0 Å². The Morgan fingerprint density at radius 1 is 1.27 bits per heavy atom. The third kappa shape index (κ3) is 3.13. The molecule has 1 aliphatic heterocycles. The minimum Gasteiger partial charge on any atom is -0.361 e. The topological polar surface area (TPSA) is 65.2 Å². The number of nitrogens with zero attached hydrogens (tertiary/aromatic N) is 1. The van der Waals surface area contributed by atoms with Gasteiger partial charge in [0.2, 0.25) is 11.8 Å². The van der Waals surface area contributed by atoms with Crippen LogP contribution in [0, 0.1) is 0 Å². The molecule has 0 unspecified atom stereocenters. The lowest BCUT2D eigenvalue weighted by molar-refractivity contribution is -0.130. The van der Waals surface area contributed by atoms with Crippen molar-refractivity contribution in [1.82, 2.24) is 9.88 Å². The summed E-state index contributed by atoms with van der Waals surface area (Å²) in [5.41, 5.74) is 2.93. The van der Waals surface area contributed by atoms with Gasteiger partial charge >= 0.3 is 0 Å². The van der Waals surface area contributed by atoms with Crippen molar-refractivity contribution >= 4 is 28.4 Å². The van der Waals surface area contributed by atoms with Crippen LogP contribution >= 0.6 is 0 Å². The van der Waals surface area contributed by atoms with E-state index in [1.807, 2.05) is 29.3 Å². The van der Waals surface area contributed by atoms with Crippen molar-refractivity contribution < 1.29 is 9.59 Å². The van der Waals surface area contributed by atoms with Crippen molar-refractivity contribution in [2.24, 2.45) is 0 Å². The van der Waals surface area contributed by atoms with Crippen molar-refractivity contribution in [3.8, 4) is 0 Å². The van der Waals surface area contributed by atoms with E-state index in [0.717, 1.165) is 54.5 Å². The van der Waals surface area contributed by atoms with Gasteiger partial charge in [-0.05, 0) is 43.0 Å². The van der Waals surface area contributed by atoms with E-state index in [0.29, 0.717) is 6.42 Å². The number of hydrogen-bond donors (Lipinski definition) is 2. The van der Waals surface area contributed by atoms with E-state index in [9.17, 15) is 9.59 Å². The molecule has 1 aromatic carbocycles. The first-order chi connectivity index (χ1) is 10.6. The van der Waals surface area contributed by atoms with Gasteiger partial charge in [-0.25, -0.2) is 0 Å². The zero-order valence-electron chi connectivity index (χ0n) is 12.8. The molecule has 5 nitrogen and oxygen atoms in total. The molecule has 1 fully saturated rings. The summed E-state index contributed by atoms with van der Waals surface area (Å²) in [6.45, 7) is 3.30. The Hall–Kier alpha value is -2.30. The number of aromatic amines is 1. The van der Waals surface area contributed by atoms with Gasteiger partial charge in [-0.3, -0.25) is 9.59 Å². The molecule has 1 aliphatic rings. The molecule has 2 N–H and O–H groups in total. The Labute approximate surface area is 129 Å². The lowest BCUT2D eigenvalue weighted by atomic mass is 10.1. The summed E-state index contributed by atoms with van der Waals surface area (Å²) in [7, 11) is 0. The number of nitrogens with one attached hydrogen (secondary N) is 2. The number of amides is 2. The van der Waals surface area contributed by atoms with Crippen molar-refractivity contribution in [3.05, 3.63) is 30.0 Å². The molecule has 0 saturated carbocycles. The predicted octanol–water partition coefficient (Wildman–Crippen LogP) is 2.68. The Kier molecular flexibility index (Phi) is 4.13. The number of carbonyl (C=O) groups is 2. The molecule has 2 heterocycles. The number of rotatable bonds is 4. The summed E-state index contributed by atoms with van der Waals surface area (Å²) in [5, 5.41) is 3.87. The van der Waals surface area contributed by atoms with Gasteiger partial charge in [0, 0.05) is 49.2 Å². The maximum absolute atomic E-state index is 12.1. The van der Waals surface area contributed by atoms with Crippen LogP contribution in [0.5, 0.6) is 0 Å². The highest BCUT2D eigenvalue weighted by molar-refractivity contribution is 5.93. The Bertz CT molecular complexity index is 699. The zero-order chi connectivity index (χ0) is 15.5. The van der Waals surface area contributed by atoms with E-state index in [1.54, 1.807) is 0 Å². The van der Waals surface area contributed by atoms with Gasteiger partial charge in [0.05, 0.1) is 0 Å². The number of carbonyl (C=O) groups excluding carboxylic acids is 2. The molecule has 5 heteroatoms. The monoisotopic (exact) mass is 299 g/mol. The highest BCUT2D eigenvalue weighted by Gasteiger charge is 2.18. The van der Waals surface area contributed by atoms with Gasteiger partial charge in [0.25, 0.3) is 0 Å². The van der Waals surface area contributed by atoms with Crippen molar-refractivity contribution in [1.29, 1.82) is 0 Å². The lowest BCUT2D eigenvalue weighted by Crippen LogP contribution is -2.27. The highest BCUT2D eigenvalue weighted by Crippen LogP contribution is 2.24. The third-order valence-electron chi connectivity index (χ3n) is 4.15. The van der Waals surface area contributed by atoms with Gasteiger partial charge in [-0.1, -0.05) is 0 Å². The molecule has 0 aliphatic carbocycles. The van der Waals surface area contributed by atoms with Gasteiger partial charge < -0.3 is 15.2 Å². The van der Waals surface area contributed by atoms with Crippen LogP contribution in [0.4, 0.5) is 5.69 Å². The number of H-pyrrole nitrogens is 1. The summed E-state index contributed by atoms with van der Waals surface area (Å²) < 4.78 is 0. The zero-order valence-corrected chi connectivity index (χ0v) is 12.8. The Balaban J connectivity index is 1.72. The summed E-state index contributed by atoms with van der Waals surface area (Å²) in [6, 6.07) is 5.79. The second-order valence-electron chi connectivity index (χ2n) is 5.84. The molecular formula is C17H21N3O2. The number of aromatic nitrogens is 1. The maximum Gasteiger partial charge on any atom is 0.222 e. The second kappa shape index (κ2) is 6.22. The minimum absolute atomic E-state index is 0.0827. The van der Waals surface area contributed by atoms with Gasteiger partial charge in [0.15, 0.2) is 0 Å². The largest absolute Gasteiger partial charge is 0.361 e. The van der Waals surface area contributed by atoms with Crippen molar-refractivity contribution in [2.45, 2.75) is 32.6 Å². The van der Waals surface area contributed by atoms with Gasteiger partial charge in [-0.15, -0.1) is 0 Å². The van der Waals surface area contributed by atoms with E-state index in [2.05, 4.69) is 10.3 Å². The Morgan fingerprint density at radius 2 is 2.05 bits per heavy atom. The molecule has 22 heavy (non-hydrogen) atoms. The molecule has 0 radical (unpaired) electrons.